The van der Waals surface area contributed by atoms with Gasteiger partial charge >= 0.3 is 0 Å². The second kappa shape index (κ2) is 5.92. The fourth-order valence-corrected chi connectivity index (χ4v) is 3.82. The first-order valence-corrected chi connectivity index (χ1v) is 8.07. The molecule has 1 atom stereocenters. The Balaban J connectivity index is 2.48. The molecule has 0 amide bonds. The topological polar surface area (TPSA) is 68.2 Å². The van der Waals surface area contributed by atoms with Gasteiger partial charge in [-0.15, -0.1) is 4.40 Å². The van der Waals surface area contributed by atoms with Crippen molar-refractivity contribution < 1.29 is 17.9 Å². The molecule has 1 aromatic rings. The van der Waals surface area contributed by atoms with Crippen molar-refractivity contribution in [2.24, 2.45) is 4.40 Å². The van der Waals surface area contributed by atoms with Crippen LogP contribution >= 0.6 is 11.6 Å². The van der Waals surface area contributed by atoms with E-state index in [-0.39, 0.29) is 10.9 Å². The number of benzene rings is 1. The molecule has 0 aliphatic carbocycles. The van der Waals surface area contributed by atoms with Gasteiger partial charge in [-0.05, 0) is 19.1 Å². The number of halogens is 1. The zero-order chi connectivity index (χ0) is 15.8. The van der Waals surface area contributed by atoms with Gasteiger partial charge in [0.05, 0.1) is 16.6 Å². The van der Waals surface area contributed by atoms with E-state index in [1.807, 2.05) is 6.92 Å². The summed E-state index contributed by atoms with van der Waals surface area (Å²) in [7, 11) is 1.05. The Labute approximate surface area is 129 Å². The average Bonchev–Trinajstić information content (AvgIpc) is 2.72. The van der Waals surface area contributed by atoms with Gasteiger partial charge in [0.15, 0.2) is 12.1 Å². The lowest BCUT2D eigenvalue weighted by atomic mass is 10.1. The SMILES string of the molecule is COC(OC)C(C)N(C)C1=NS(=O)(=O)c2cccc(Cl)c21. The zero-order valence-electron chi connectivity index (χ0n) is 12.2. The number of hydrogen-bond acceptors (Lipinski definition) is 5. The van der Waals surface area contributed by atoms with E-state index in [0.29, 0.717) is 16.4 Å². The number of hydrogen-bond donors (Lipinski definition) is 0. The van der Waals surface area contributed by atoms with Crippen LogP contribution in [0.2, 0.25) is 5.02 Å². The molecule has 0 N–H and O–H groups in total. The van der Waals surface area contributed by atoms with E-state index < -0.39 is 16.3 Å². The molecule has 1 aromatic carbocycles. The number of nitrogens with zero attached hydrogens (tertiary/aromatic N) is 2. The summed E-state index contributed by atoms with van der Waals surface area (Å²) in [4.78, 5) is 1.81. The van der Waals surface area contributed by atoms with Gasteiger partial charge in [0, 0.05) is 21.3 Å². The number of rotatable bonds is 4. The highest BCUT2D eigenvalue weighted by molar-refractivity contribution is 7.90. The monoisotopic (exact) mass is 332 g/mol. The van der Waals surface area contributed by atoms with Crippen molar-refractivity contribution in [1.29, 1.82) is 0 Å². The van der Waals surface area contributed by atoms with E-state index >= 15 is 0 Å². The number of fused-ring (bicyclic) bond motifs is 1. The highest BCUT2D eigenvalue weighted by atomic mass is 35.5. The highest BCUT2D eigenvalue weighted by Gasteiger charge is 2.35. The molecule has 1 unspecified atom stereocenters. The Morgan fingerprint density at radius 1 is 1.29 bits per heavy atom. The van der Waals surface area contributed by atoms with E-state index in [4.69, 9.17) is 21.1 Å². The third-order valence-electron chi connectivity index (χ3n) is 3.49. The lowest BCUT2D eigenvalue weighted by Gasteiger charge is -2.31. The first kappa shape index (κ1) is 16.2. The van der Waals surface area contributed by atoms with Crippen molar-refractivity contribution in [2.75, 3.05) is 21.3 Å². The summed E-state index contributed by atoms with van der Waals surface area (Å²) in [6.45, 7) is 1.85. The first-order valence-electron chi connectivity index (χ1n) is 6.25. The maximum absolute atomic E-state index is 12.1. The van der Waals surface area contributed by atoms with Crippen LogP contribution in [0, 0.1) is 0 Å². The molecule has 0 spiro atoms. The van der Waals surface area contributed by atoms with Crippen LogP contribution in [-0.4, -0.2) is 52.8 Å². The first-order chi connectivity index (χ1) is 9.83. The van der Waals surface area contributed by atoms with Crippen LogP contribution < -0.4 is 0 Å². The molecule has 6 nitrogen and oxygen atoms in total. The van der Waals surface area contributed by atoms with Crippen LogP contribution in [-0.2, 0) is 19.5 Å². The summed E-state index contributed by atoms with van der Waals surface area (Å²) in [5.74, 6) is 0.294. The van der Waals surface area contributed by atoms with E-state index in [1.165, 1.54) is 20.3 Å². The standard InChI is InChI=1S/C13H17ClN2O4S/c1-8(13(19-3)20-4)16(2)12-11-9(14)6-5-7-10(11)21(17,18)15-12/h5-8,13H,1-4H3. The second-order valence-electron chi connectivity index (χ2n) is 4.69. The minimum absolute atomic E-state index is 0.121. The fraction of sp³-hybridized carbons (Fsp3) is 0.462. The quantitative estimate of drug-likeness (QED) is 0.785. The Bertz CT molecular complexity index is 671. The molecule has 0 bridgehead atoms. The van der Waals surface area contributed by atoms with Gasteiger partial charge in [0.2, 0.25) is 0 Å². The normalized spacial score (nSPS) is 17.5. The van der Waals surface area contributed by atoms with Gasteiger partial charge in [-0.3, -0.25) is 0 Å². The largest absolute Gasteiger partial charge is 0.354 e. The lowest BCUT2D eigenvalue weighted by Crippen LogP contribution is -2.44. The molecule has 0 radical (unpaired) electrons. The van der Waals surface area contributed by atoms with E-state index in [1.54, 1.807) is 24.1 Å². The average molecular weight is 333 g/mol. The maximum Gasteiger partial charge on any atom is 0.285 e. The molecule has 1 aliphatic rings. The van der Waals surface area contributed by atoms with E-state index in [0.717, 1.165) is 0 Å². The Hall–Kier alpha value is -1.15. The Morgan fingerprint density at radius 3 is 2.48 bits per heavy atom. The molecule has 116 valence electrons. The van der Waals surface area contributed by atoms with Gasteiger partial charge in [-0.25, -0.2) is 0 Å². The summed E-state index contributed by atoms with van der Waals surface area (Å²) in [5.41, 5.74) is 0.416. The van der Waals surface area contributed by atoms with E-state index in [2.05, 4.69) is 4.40 Å². The highest BCUT2D eigenvalue weighted by Crippen LogP contribution is 2.33. The van der Waals surface area contributed by atoms with Crippen molar-refractivity contribution in [1.82, 2.24) is 4.90 Å². The summed E-state index contributed by atoms with van der Waals surface area (Å²) in [5, 5.41) is 0.345. The smallest absolute Gasteiger partial charge is 0.285 e. The van der Waals surface area contributed by atoms with Crippen molar-refractivity contribution in [3.63, 3.8) is 0 Å². The summed E-state index contributed by atoms with van der Waals surface area (Å²) < 4.78 is 38.5. The number of methoxy groups -OCH3 is 2. The number of sulfonamides is 1. The predicted octanol–water partition coefficient (Wildman–Crippen LogP) is 1.73. The minimum atomic E-state index is -3.71. The molecule has 0 saturated heterocycles. The fourth-order valence-electron chi connectivity index (χ4n) is 2.25. The molecule has 21 heavy (non-hydrogen) atoms. The molecular weight excluding hydrogens is 316 g/mol. The molecule has 1 aliphatic heterocycles. The van der Waals surface area contributed by atoms with Gasteiger partial charge in [0.1, 0.15) is 4.90 Å². The van der Waals surface area contributed by atoms with Crippen molar-refractivity contribution >= 4 is 27.5 Å². The summed E-state index contributed by atoms with van der Waals surface area (Å²) in [6, 6.07) is 4.47. The second-order valence-corrected chi connectivity index (χ2v) is 6.67. The van der Waals surface area contributed by atoms with Gasteiger partial charge in [0.25, 0.3) is 10.0 Å². The van der Waals surface area contributed by atoms with E-state index in [9.17, 15) is 8.42 Å². The van der Waals surface area contributed by atoms with Crippen molar-refractivity contribution in [2.45, 2.75) is 24.2 Å². The van der Waals surface area contributed by atoms with Gasteiger partial charge in [-0.1, -0.05) is 17.7 Å². The molecule has 0 saturated carbocycles. The Morgan fingerprint density at radius 2 is 1.90 bits per heavy atom. The molecule has 8 heteroatoms. The molecule has 2 rings (SSSR count). The van der Waals surface area contributed by atoms with Crippen LogP contribution in [0.1, 0.15) is 12.5 Å². The van der Waals surface area contributed by atoms with Gasteiger partial charge < -0.3 is 14.4 Å². The van der Waals surface area contributed by atoms with Crippen molar-refractivity contribution in [3.05, 3.63) is 28.8 Å². The van der Waals surface area contributed by atoms with Crippen LogP contribution in [0.3, 0.4) is 0 Å². The van der Waals surface area contributed by atoms with Crippen molar-refractivity contribution in [3.8, 4) is 0 Å². The summed E-state index contributed by atoms with van der Waals surface area (Å²) in [6.07, 6.45) is -0.521. The molecule has 0 fully saturated rings. The Kier molecular flexibility index (Phi) is 4.57. The van der Waals surface area contributed by atoms with Crippen LogP contribution in [0.25, 0.3) is 0 Å². The summed E-state index contributed by atoms with van der Waals surface area (Å²) >= 11 is 6.15. The van der Waals surface area contributed by atoms with Gasteiger partial charge in [-0.2, -0.15) is 8.42 Å². The third kappa shape index (κ3) is 2.78. The molecule has 0 aromatic heterocycles. The third-order valence-corrected chi connectivity index (χ3v) is 5.11. The van der Waals surface area contributed by atoms with Crippen LogP contribution in [0.15, 0.2) is 27.5 Å². The lowest BCUT2D eigenvalue weighted by molar-refractivity contribution is -0.131. The number of amidine groups is 1. The minimum Gasteiger partial charge on any atom is -0.354 e. The van der Waals surface area contributed by atoms with Crippen LogP contribution in [0.5, 0.6) is 0 Å². The predicted molar refractivity (Wildman–Crippen MR) is 80.2 cm³/mol. The number of likely N-dealkylation sites (N-methyl/N-ethyl adjacent to an activating group) is 1. The zero-order valence-corrected chi connectivity index (χ0v) is 13.8. The number of ether oxygens (including phenoxy) is 2. The molecule has 1 heterocycles. The molecular formula is C13H17ClN2O4S. The maximum atomic E-state index is 12.1. The van der Waals surface area contributed by atoms with Crippen LogP contribution in [0.4, 0.5) is 0 Å².